The average molecular weight is 361 g/mol. The van der Waals surface area contributed by atoms with E-state index in [1.54, 1.807) is 12.1 Å². The molecule has 0 spiro atoms. The highest BCUT2D eigenvalue weighted by Crippen LogP contribution is 2.45. The first-order valence-corrected chi connectivity index (χ1v) is 7.52. The minimum Gasteiger partial charge on any atom is -0.465 e. The summed E-state index contributed by atoms with van der Waals surface area (Å²) in [6.45, 7) is 1.94. The van der Waals surface area contributed by atoms with E-state index in [9.17, 15) is 18.4 Å². The average Bonchev–Trinajstić information content (AvgIpc) is 2.75. The van der Waals surface area contributed by atoms with Crippen LogP contribution in [0.2, 0.25) is 0 Å². The van der Waals surface area contributed by atoms with Crippen molar-refractivity contribution in [1.82, 2.24) is 0 Å². The molecule has 0 fully saturated rings. The largest absolute Gasteiger partial charge is 0.465 e. The van der Waals surface area contributed by atoms with E-state index in [2.05, 4.69) is 15.9 Å². The molecule has 0 bridgehead atoms. The van der Waals surface area contributed by atoms with Crippen molar-refractivity contribution in [1.29, 1.82) is 0 Å². The Morgan fingerprint density at radius 2 is 2.19 bits per heavy atom. The highest BCUT2D eigenvalue weighted by atomic mass is 79.9. The fraction of sp³-hybridized carbons (Fsp3) is 0.467. The van der Waals surface area contributed by atoms with Crippen LogP contribution in [0, 0.1) is 5.41 Å². The molecule has 0 aromatic heterocycles. The molecule has 114 valence electrons. The van der Waals surface area contributed by atoms with E-state index in [1.807, 2.05) is 6.92 Å². The topological polar surface area (TPSA) is 43.4 Å². The monoisotopic (exact) mass is 360 g/mol. The van der Waals surface area contributed by atoms with E-state index < -0.39 is 23.6 Å². The lowest BCUT2D eigenvalue weighted by molar-refractivity contribution is -0.160. The fourth-order valence-corrected chi connectivity index (χ4v) is 2.93. The van der Waals surface area contributed by atoms with Crippen molar-refractivity contribution in [3.05, 3.63) is 33.8 Å². The van der Waals surface area contributed by atoms with Gasteiger partial charge in [-0.05, 0) is 18.1 Å². The number of alkyl halides is 2. The van der Waals surface area contributed by atoms with E-state index in [0.717, 1.165) is 6.42 Å². The third-order valence-electron chi connectivity index (χ3n) is 3.69. The van der Waals surface area contributed by atoms with Gasteiger partial charge in [-0.25, -0.2) is 8.78 Å². The number of carbonyl (C=O) groups is 2. The van der Waals surface area contributed by atoms with Gasteiger partial charge in [-0.3, -0.25) is 9.59 Å². The van der Waals surface area contributed by atoms with Gasteiger partial charge in [0, 0.05) is 16.5 Å². The Morgan fingerprint density at radius 1 is 1.48 bits per heavy atom. The van der Waals surface area contributed by atoms with Gasteiger partial charge in [0.2, 0.25) is 0 Å². The van der Waals surface area contributed by atoms with Gasteiger partial charge >= 0.3 is 5.97 Å². The zero-order valence-electron chi connectivity index (χ0n) is 11.5. The standard InChI is InChI=1S/C15H15BrF2O3/c1-2-3-7-21-14(20)15(13(17)18)8-10-9(12(15)19)5-4-6-11(10)16/h4-6,13H,2-3,7-8H2,1H3. The smallest absolute Gasteiger partial charge is 0.326 e. The third kappa shape index (κ3) is 2.61. The molecular formula is C15H15BrF2O3. The minimum atomic E-state index is -3.10. The predicted octanol–water partition coefficient (Wildman–Crippen LogP) is 3.78. The number of hydrogen-bond acceptors (Lipinski definition) is 3. The predicted molar refractivity (Wildman–Crippen MR) is 76.5 cm³/mol. The number of esters is 1. The molecule has 0 saturated carbocycles. The number of unbranched alkanes of at least 4 members (excludes halogenated alkanes) is 1. The lowest BCUT2D eigenvalue weighted by Gasteiger charge is -2.24. The quantitative estimate of drug-likeness (QED) is 0.455. The normalized spacial score (nSPS) is 20.7. The summed E-state index contributed by atoms with van der Waals surface area (Å²) in [7, 11) is 0. The molecule has 0 radical (unpaired) electrons. The minimum absolute atomic E-state index is 0.0502. The maximum absolute atomic E-state index is 13.6. The lowest BCUT2D eigenvalue weighted by atomic mass is 9.84. The highest BCUT2D eigenvalue weighted by molar-refractivity contribution is 9.10. The molecule has 1 unspecified atom stereocenters. The van der Waals surface area contributed by atoms with Crippen molar-refractivity contribution in [3.8, 4) is 0 Å². The van der Waals surface area contributed by atoms with E-state index >= 15 is 0 Å². The second kappa shape index (κ2) is 6.22. The molecule has 6 heteroatoms. The summed E-state index contributed by atoms with van der Waals surface area (Å²) in [5.41, 5.74) is -1.80. The number of Topliss-reactive ketones (excluding diaryl/α,β-unsaturated/α-hetero) is 1. The van der Waals surface area contributed by atoms with Crippen LogP contribution in [0.3, 0.4) is 0 Å². The molecule has 3 nitrogen and oxygen atoms in total. The number of carbonyl (C=O) groups excluding carboxylic acids is 2. The molecule has 1 aliphatic rings. The van der Waals surface area contributed by atoms with Gasteiger partial charge in [-0.2, -0.15) is 0 Å². The van der Waals surface area contributed by atoms with Crippen LogP contribution >= 0.6 is 15.9 Å². The first-order chi connectivity index (χ1) is 9.95. The van der Waals surface area contributed by atoms with Crippen LogP contribution in [-0.4, -0.2) is 24.8 Å². The van der Waals surface area contributed by atoms with Crippen LogP contribution in [0.5, 0.6) is 0 Å². The van der Waals surface area contributed by atoms with Crippen LogP contribution in [0.25, 0.3) is 0 Å². The summed E-state index contributed by atoms with van der Waals surface area (Å²) in [5, 5.41) is 0. The number of halogens is 3. The van der Waals surface area contributed by atoms with Gasteiger partial charge in [-0.15, -0.1) is 0 Å². The van der Waals surface area contributed by atoms with Crippen LogP contribution in [0.1, 0.15) is 35.7 Å². The number of benzene rings is 1. The number of rotatable bonds is 5. The van der Waals surface area contributed by atoms with Crippen molar-refractivity contribution in [2.45, 2.75) is 32.6 Å². The summed E-state index contributed by atoms with van der Waals surface area (Å²) in [5.74, 6) is -1.98. The highest BCUT2D eigenvalue weighted by Gasteiger charge is 2.59. The molecule has 1 aromatic carbocycles. The molecule has 1 aliphatic carbocycles. The second-order valence-corrected chi connectivity index (χ2v) is 5.89. The van der Waals surface area contributed by atoms with E-state index in [4.69, 9.17) is 4.74 Å². The Kier molecular flexibility index (Phi) is 4.76. The van der Waals surface area contributed by atoms with Gasteiger partial charge in [0.05, 0.1) is 6.61 Å². The number of fused-ring (bicyclic) bond motifs is 1. The summed E-state index contributed by atoms with van der Waals surface area (Å²) in [6.07, 6.45) is -2.08. The molecule has 1 aromatic rings. The summed E-state index contributed by atoms with van der Waals surface area (Å²) in [4.78, 5) is 24.5. The van der Waals surface area contributed by atoms with Gasteiger partial charge in [0.25, 0.3) is 6.43 Å². The number of ketones is 1. The van der Waals surface area contributed by atoms with Gasteiger partial charge < -0.3 is 4.74 Å². The van der Waals surface area contributed by atoms with Crippen molar-refractivity contribution in [2.24, 2.45) is 5.41 Å². The van der Waals surface area contributed by atoms with Crippen LogP contribution in [0.15, 0.2) is 22.7 Å². The van der Waals surface area contributed by atoms with Crippen LogP contribution in [0.4, 0.5) is 8.78 Å². The Hall–Kier alpha value is -1.30. The molecule has 0 saturated heterocycles. The van der Waals surface area contributed by atoms with Crippen molar-refractivity contribution in [2.75, 3.05) is 6.61 Å². The van der Waals surface area contributed by atoms with Gasteiger partial charge in [0.1, 0.15) is 0 Å². The lowest BCUT2D eigenvalue weighted by Crippen LogP contribution is -2.45. The van der Waals surface area contributed by atoms with E-state index in [-0.39, 0.29) is 18.6 Å². The molecule has 0 amide bonds. The fourth-order valence-electron chi connectivity index (χ4n) is 2.42. The van der Waals surface area contributed by atoms with Crippen molar-refractivity contribution in [3.63, 3.8) is 0 Å². The SMILES string of the molecule is CCCCOC(=O)C1(C(F)F)Cc2c(Br)cccc2C1=O. The molecular weight excluding hydrogens is 346 g/mol. The Balaban J connectivity index is 2.36. The summed E-state index contributed by atoms with van der Waals surface area (Å²) < 4.78 is 32.6. The summed E-state index contributed by atoms with van der Waals surface area (Å²) in [6, 6.07) is 4.72. The van der Waals surface area contributed by atoms with Gasteiger partial charge in [-0.1, -0.05) is 41.4 Å². The van der Waals surface area contributed by atoms with Crippen molar-refractivity contribution < 1.29 is 23.1 Å². The zero-order valence-corrected chi connectivity index (χ0v) is 13.1. The number of hydrogen-bond donors (Lipinski definition) is 0. The van der Waals surface area contributed by atoms with E-state index in [1.165, 1.54) is 6.07 Å². The number of ether oxygens (including phenoxy) is 1. The Morgan fingerprint density at radius 3 is 2.76 bits per heavy atom. The van der Waals surface area contributed by atoms with Crippen LogP contribution < -0.4 is 0 Å². The van der Waals surface area contributed by atoms with E-state index in [0.29, 0.717) is 16.5 Å². The molecule has 0 aliphatic heterocycles. The maximum atomic E-state index is 13.6. The third-order valence-corrected chi connectivity index (χ3v) is 4.44. The molecule has 1 atom stereocenters. The molecule has 0 N–H and O–H groups in total. The molecule has 0 heterocycles. The first kappa shape index (κ1) is 16.1. The van der Waals surface area contributed by atoms with Crippen molar-refractivity contribution >= 4 is 27.7 Å². The van der Waals surface area contributed by atoms with Crippen LogP contribution in [-0.2, 0) is 16.0 Å². The molecule has 2 rings (SSSR count). The Labute approximate surface area is 129 Å². The Bertz CT molecular complexity index is 574. The summed E-state index contributed by atoms with van der Waals surface area (Å²) >= 11 is 3.24. The van der Waals surface area contributed by atoms with Gasteiger partial charge in [0.15, 0.2) is 11.2 Å². The zero-order chi connectivity index (χ0) is 15.6. The first-order valence-electron chi connectivity index (χ1n) is 6.72. The maximum Gasteiger partial charge on any atom is 0.326 e. The second-order valence-electron chi connectivity index (χ2n) is 5.03. The molecule has 21 heavy (non-hydrogen) atoms.